The molecule has 0 atom stereocenters. The fourth-order valence-corrected chi connectivity index (χ4v) is 3.42. The van der Waals surface area contributed by atoms with Gasteiger partial charge in [0, 0.05) is 31.3 Å². The summed E-state index contributed by atoms with van der Waals surface area (Å²) in [4.78, 5) is 15.4. The maximum Gasteiger partial charge on any atom is 0.148 e. The zero-order valence-corrected chi connectivity index (χ0v) is 16.5. The third kappa shape index (κ3) is 4.80. The first kappa shape index (κ1) is 19.7. The molecule has 3 N–H and O–H groups in total. The second-order valence-electron chi connectivity index (χ2n) is 7.01. The molecule has 0 amide bonds. The highest BCUT2D eigenvalue weighted by Crippen LogP contribution is 2.28. The Labute approximate surface area is 166 Å². The summed E-state index contributed by atoms with van der Waals surface area (Å²) >= 11 is 0. The van der Waals surface area contributed by atoms with Crippen molar-refractivity contribution in [1.29, 1.82) is 0 Å². The SMILES string of the molecule is C/C=C(\O)CC1CCN(c2ncnc(CC)c2C#Cc2ccc(N)nc2)CC1. The number of aryl methyl sites for hydroxylation is 1. The third-order valence-electron chi connectivity index (χ3n) is 5.10. The van der Waals surface area contributed by atoms with Crippen LogP contribution in [-0.4, -0.2) is 33.1 Å². The van der Waals surface area contributed by atoms with Crippen molar-refractivity contribution in [3.63, 3.8) is 0 Å². The van der Waals surface area contributed by atoms with Gasteiger partial charge in [0.2, 0.25) is 0 Å². The van der Waals surface area contributed by atoms with Gasteiger partial charge >= 0.3 is 0 Å². The number of allylic oxidation sites excluding steroid dienone is 2. The van der Waals surface area contributed by atoms with E-state index in [-0.39, 0.29) is 0 Å². The minimum Gasteiger partial charge on any atom is -0.513 e. The molecular formula is C22H27N5O. The molecule has 0 saturated carbocycles. The van der Waals surface area contributed by atoms with Crippen LogP contribution in [0.25, 0.3) is 0 Å². The van der Waals surface area contributed by atoms with Gasteiger partial charge in [0.25, 0.3) is 0 Å². The number of nitrogens with zero attached hydrogens (tertiary/aromatic N) is 4. The summed E-state index contributed by atoms with van der Waals surface area (Å²) in [5.41, 5.74) is 8.30. The van der Waals surface area contributed by atoms with E-state index in [1.807, 2.05) is 13.0 Å². The van der Waals surface area contributed by atoms with Gasteiger partial charge in [-0.3, -0.25) is 0 Å². The monoisotopic (exact) mass is 377 g/mol. The van der Waals surface area contributed by atoms with Crippen molar-refractivity contribution in [3.05, 3.63) is 53.3 Å². The van der Waals surface area contributed by atoms with E-state index in [0.29, 0.717) is 17.5 Å². The van der Waals surface area contributed by atoms with Crippen LogP contribution in [0.15, 0.2) is 36.5 Å². The van der Waals surface area contributed by atoms with E-state index < -0.39 is 0 Å². The Bertz CT molecular complexity index is 887. The maximum atomic E-state index is 9.80. The van der Waals surface area contributed by atoms with Crippen LogP contribution in [0.2, 0.25) is 0 Å². The molecule has 2 aromatic heterocycles. The van der Waals surface area contributed by atoms with Crippen LogP contribution >= 0.6 is 0 Å². The Kier molecular flexibility index (Phi) is 6.49. The van der Waals surface area contributed by atoms with Crippen LogP contribution < -0.4 is 10.6 Å². The standard InChI is InChI=1S/C22H27N5O/c1-3-18(28)13-16-9-11-27(12-10-16)22-19(20(4-2)25-15-26-22)7-5-17-6-8-21(23)24-14-17/h3,6,8,14-16,28H,4,9-13H2,1-2H3,(H2,23,24)/b18-3-. The summed E-state index contributed by atoms with van der Waals surface area (Å²) in [7, 11) is 0. The topological polar surface area (TPSA) is 88.2 Å². The minimum atomic E-state index is 0.482. The molecule has 3 heterocycles. The van der Waals surface area contributed by atoms with Crippen LogP contribution in [0, 0.1) is 17.8 Å². The molecule has 6 heteroatoms. The van der Waals surface area contributed by atoms with Crippen LogP contribution in [-0.2, 0) is 6.42 Å². The number of rotatable bonds is 4. The van der Waals surface area contributed by atoms with Gasteiger partial charge in [0.15, 0.2) is 0 Å². The normalized spacial score (nSPS) is 15.2. The van der Waals surface area contributed by atoms with E-state index in [2.05, 4.69) is 38.6 Å². The molecule has 2 aromatic rings. The van der Waals surface area contributed by atoms with Crippen molar-refractivity contribution in [3.8, 4) is 11.8 Å². The summed E-state index contributed by atoms with van der Waals surface area (Å²) in [6, 6.07) is 3.61. The smallest absolute Gasteiger partial charge is 0.148 e. The van der Waals surface area contributed by atoms with Crippen LogP contribution in [0.5, 0.6) is 0 Å². The molecule has 0 bridgehead atoms. The highest BCUT2D eigenvalue weighted by atomic mass is 16.3. The molecule has 1 fully saturated rings. The predicted octanol–water partition coefficient (Wildman–Crippen LogP) is 3.48. The molecule has 6 nitrogen and oxygen atoms in total. The lowest BCUT2D eigenvalue weighted by atomic mass is 9.92. The number of anilines is 2. The van der Waals surface area contributed by atoms with Gasteiger partial charge in [-0.15, -0.1) is 0 Å². The van der Waals surface area contributed by atoms with E-state index >= 15 is 0 Å². The quantitative estimate of drug-likeness (QED) is 0.626. The van der Waals surface area contributed by atoms with Crippen molar-refractivity contribution in [2.24, 2.45) is 5.92 Å². The maximum absolute atomic E-state index is 9.80. The minimum absolute atomic E-state index is 0.482. The van der Waals surface area contributed by atoms with Gasteiger partial charge in [0.05, 0.1) is 17.0 Å². The molecule has 0 aliphatic carbocycles. The van der Waals surface area contributed by atoms with Crippen molar-refractivity contribution in [1.82, 2.24) is 15.0 Å². The average molecular weight is 377 g/mol. The van der Waals surface area contributed by atoms with Crippen LogP contribution in [0.1, 0.15) is 49.9 Å². The molecule has 0 aromatic carbocycles. The number of aliphatic hydroxyl groups is 1. The molecule has 1 aliphatic rings. The van der Waals surface area contributed by atoms with Crippen LogP contribution in [0.4, 0.5) is 11.6 Å². The van der Waals surface area contributed by atoms with Crippen LogP contribution in [0.3, 0.4) is 0 Å². The number of aliphatic hydroxyl groups excluding tert-OH is 1. The fraction of sp³-hybridized carbons (Fsp3) is 0.409. The number of pyridine rings is 1. The van der Waals surface area contributed by atoms with E-state index in [0.717, 1.165) is 61.4 Å². The largest absolute Gasteiger partial charge is 0.513 e. The Balaban J connectivity index is 1.82. The first-order valence-electron chi connectivity index (χ1n) is 9.77. The second-order valence-corrected chi connectivity index (χ2v) is 7.01. The first-order chi connectivity index (χ1) is 13.6. The van der Waals surface area contributed by atoms with Crippen molar-refractivity contribution >= 4 is 11.6 Å². The molecule has 146 valence electrons. The molecule has 0 spiro atoms. The summed E-state index contributed by atoms with van der Waals surface area (Å²) in [5.74, 6) is 8.82. The second kappa shape index (κ2) is 9.23. The zero-order valence-electron chi connectivity index (χ0n) is 16.5. The van der Waals surface area contributed by atoms with Gasteiger partial charge in [-0.05, 0) is 50.3 Å². The summed E-state index contributed by atoms with van der Waals surface area (Å²) in [6.07, 6.45) is 8.69. The Morgan fingerprint density at radius 2 is 2.04 bits per heavy atom. The van der Waals surface area contributed by atoms with Crippen molar-refractivity contribution in [2.75, 3.05) is 23.7 Å². The lowest BCUT2D eigenvalue weighted by Gasteiger charge is -2.33. The number of piperidine rings is 1. The van der Waals surface area contributed by atoms with E-state index in [9.17, 15) is 5.11 Å². The Hall–Kier alpha value is -3.07. The molecule has 1 aliphatic heterocycles. The lowest BCUT2D eigenvalue weighted by molar-refractivity contribution is 0.316. The molecule has 3 rings (SSSR count). The van der Waals surface area contributed by atoms with E-state index in [4.69, 9.17) is 5.73 Å². The molecule has 0 unspecified atom stereocenters. The van der Waals surface area contributed by atoms with Gasteiger partial charge in [-0.2, -0.15) is 0 Å². The van der Waals surface area contributed by atoms with Gasteiger partial charge in [-0.1, -0.05) is 18.8 Å². The highest BCUT2D eigenvalue weighted by molar-refractivity contribution is 5.59. The number of hydrogen-bond acceptors (Lipinski definition) is 6. The summed E-state index contributed by atoms with van der Waals surface area (Å²) in [6.45, 7) is 5.76. The average Bonchev–Trinajstić information content (AvgIpc) is 2.73. The Morgan fingerprint density at radius 3 is 2.68 bits per heavy atom. The number of nitrogens with two attached hydrogens (primary N) is 1. The van der Waals surface area contributed by atoms with E-state index in [1.54, 1.807) is 24.7 Å². The van der Waals surface area contributed by atoms with Gasteiger partial charge in [0.1, 0.15) is 18.0 Å². The fourth-order valence-electron chi connectivity index (χ4n) is 3.42. The molecule has 1 saturated heterocycles. The third-order valence-corrected chi connectivity index (χ3v) is 5.10. The number of hydrogen-bond donors (Lipinski definition) is 2. The first-order valence-corrected chi connectivity index (χ1v) is 9.77. The van der Waals surface area contributed by atoms with Gasteiger partial charge < -0.3 is 15.7 Å². The zero-order chi connectivity index (χ0) is 19.9. The Morgan fingerprint density at radius 1 is 1.25 bits per heavy atom. The highest BCUT2D eigenvalue weighted by Gasteiger charge is 2.23. The lowest BCUT2D eigenvalue weighted by Crippen LogP contribution is -2.35. The molecule has 28 heavy (non-hydrogen) atoms. The van der Waals surface area contributed by atoms with Crippen molar-refractivity contribution < 1.29 is 5.11 Å². The van der Waals surface area contributed by atoms with E-state index in [1.165, 1.54) is 0 Å². The predicted molar refractivity (Wildman–Crippen MR) is 112 cm³/mol. The summed E-state index contributed by atoms with van der Waals surface area (Å²) in [5, 5.41) is 9.80. The van der Waals surface area contributed by atoms with Gasteiger partial charge in [-0.25, -0.2) is 15.0 Å². The summed E-state index contributed by atoms with van der Waals surface area (Å²) < 4.78 is 0. The number of aromatic nitrogens is 3. The molecular weight excluding hydrogens is 350 g/mol. The van der Waals surface area contributed by atoms with Crippen molar-refractivity contribution in [2.45, 2.75) is 39.5 Å². The molecule has 0 radical (unpaired) electrons. The number of nitrogen functional groups attached to an aromatic ring is 1.